The van der Waals surface area contributed by atoms with Crippen molar-refractivity contribution < 1.29 is 17.9 Å². The molecule has 0 fully saturated rings. The van der Waals surface area contributed by atoms with Gasteiger partial charge in [0.2, 0.25) is 5.06 Å². The number of thiazole rings is 1. The minimum atomic E-state index is -3.96. The van der Waals surface area contributed by atoms with Crippen molar-refractivity contribution in [2.45, 2.75) is 25.7 Å². The van der Waals surface area contributed by atoms with Crippen molar-refractivity contribution in [2.75, 3.05) is 4.72 Å². The lowest BCUT2D eigenvalue weighted by Crippen LogP contribution is -2.14. The minimum absolute atomic E-state index is 0.0102. The van der Waals surface area contributed by atoms with Crippen LogP contribution in [0.3, 0.4) is 0 Å². The highest BCUT2D eigenvalue weighted by Crippen LogP contribution is 2.34. The summed E-state index contributed by atoms with van der Waals surface area (Å²) in [5, 5.41) is 0.656. The molecule has 0 radical (unpaired) electrons. The van der Waals surface area contributed by atoms with Crippen LogP contribution in [-0.2, 0) is 14.8 Å². The van der Waals surface area contributed by atoms with E-state index in [0.717, 1.165) is 11.3 Å². The van der Waals surface area contributed by atoms with Gasteiger partial charge in [-0.15, -0.1) is 0 Å². The molecule has 124 valence electrons. The topological polar surface area (TPSA) is 85.4 Å². The van der Waals surface area contributed by atoms with Crippen LogP contribution in [0, 0.1) is 13.8 Å². The molecule has 0 bridgehead atoms. The first-order chi connectivity index (χ1) is 10.6. The van der Waals surface area contributed by atoms with E-state index in [1.54, 1.807) is 13.8 Å². The van der Waals surface area contributed by atoms with E-state index in [0.29, 0.717) is 16.3 Å². The highest BCUT2D eigenvalue weighted by Gasteiger charge is 2.23. The molecule has 1 aromatic heterocycles. The van der Waals surface area contributed by atoms with Crippen molar-refractivity contribution >= 4 is 55.7 Å². The van der Waals surface area contributed by atoms with Gasteiger partial charge in [0.1, 0.15) is 4.90 Å². The molecular weight excluding hydrogens is 383 g/mol. The third-order valence-electron chi connectivity index (χ3n) is 2.67. The third kappa shape index (κ3) is 4.14. The molecule has 0 saturated carbocycles. The number of benzene rings is 1. The second kappa shape index (κ2) is 6.64. The summed E-state index contributed by atoms with van der Waals surface area (Å²) in [6.07, 6.45) is 0. The number of rotatable bonds is 4. The highest BCUT2D eigenvalue weighted by molar-refractivity contribution is 7.93. The Labute approximate surface area is 147 Å². The molecule has 0 saturated heterocycles. The fourth-order valence-corrected chi connectivity index (χ4v) is 5.13. The number of ether oxygens (including phenoxy) is 1. The second-order valence-electron chi connectivity index (χ2n) is 4.62. The van der Waals surface area contributed by atoms with Crippen molar-refractivity contribution in [2.24, 2.45) is 0 Å². The monoisotopic (exact) mass is 394 g/mol. The van der Waals surface area contributed by atoms with Crippen LogP contribution in [-0.4, -0.2) is 19.4 Å². The van der Waals surface area contributed by atoms with E-state index >= 15 is 0 Å². The Balaban J connectivity index is 2.38. The van der Waals surface area contributed by atoms with Gasteiger partial charge in [0.25, 0.3) is 10.0 Å². The van der Waals surface area contributed by atoms with Gasteiger partial charge in [0.05, 0.1) is 10.7 Å². The van der Waals surface area contributed by atoms with E-state index in [4.69, 9.17) is 27.9 Å². The van der Waals surface area contributed by atoms with E-state index in [2.05, 4.69) is 9.71 Å². The number of sulfonamides is 1. The van der Waals surface area contributed by atoms with Gasteiger partial charge in [-0.3, -0.25) is 9.52 Å². The van der Waals surface area contributed by atoms with E-state index in [1.165, 1.54) is 19.1 Å². The Morgan fingerprint density at radius 1 is 1.30 bits per heavy atom. The van der Waals surface area contributed by atoms with Crippen molar-refractivity contribution in [3.63, 3.8) is 0 Å². The zero-order chi connectivity index (χ0) is 17.4. The number of halogens is 2. The van der Waals surface area contributed by atoms with Gasteiger partial charge < -0.3 is 4.74 Å². The van der Waals surface area contributed by atoms with Crippen molar-refractivity contribution in [3.8, 4) is 5.06 Å². The number of carbonyl (C=O) groups is 1. The van der Waals surface area contributed by atoms with Crippen LogP contribution in [0.2, 0.25) is 10.0 Å². The fraction of sp³-hybridized carbons (Fsp3) is 0.231. The molecule has 1 heterocycles. The standard InChI is InChI=1S/C13H12Cl2N2O4S2/c1-6-4-9(14)5-10(15)11(6)23(19,20)17-13-16-7(2)12(22-13)21-8(3)18/h4-5H,1-3H3,(H,16,17). The van der Waals surface area contributed by atoms with Crippen molar-refractivity contribution in [3.05, 3.63) is 33.4 Å². The predicted molar refractivity (Wildman–Crippen MR) is 90.2 cm³/mol. The maximum Gasteiger partial charge on any atom is 0.308 e. The predicted octanol–water partition coefficient (Wildman–Crippen LogP) is 3.79. The lowest BCUT2D eigenvalue weighted by Gasteiger charge is -2.10. The van der Waals surface area contributed by atoms with Gasteiger partial charge in [-0.05, 0) is 31.5 Å². The van der Waals surface area contributed by atoms with Crippen LogP contribution >= 0.6 is 34.5 Å². The smallest absolute Gasteiger partial charge is 0.308 e. The van der Waals surface area contributed by atoms with Gasteiger partial charge in [-0.25, -0.2) is 13.4 Å². The molecule has 10 heteroatoms. The summed E-state index contributed by atoms with van der Waals surface area (Å²) in [7, 11) is -3.96. The number of nitrogens with zero attached hydrogens (tertiary/aromatic N) is 1. The molecule has 1 aromatic carbocycles. The first-order valence-electron chi connectivity index (χ1n) is 6.24. The second-order valence-corrected chi connectivity index (χ2v) is 8.05. The first kappa shape index (κ1) is 18.0. The summed E-state index contributed by atoms with van der Waals surface area (Å²) in [6, 6.07) is 2.85. The minimum Gasteiger partial charge on any atom is -0.413 e. The summed E-state index contributed by atoms with van der Waals surface area (Å²) in [4.78, 5) is 14.9. The molecule has 2 rings (SSSR count). The number of nitrogens with one attached hydrogen (secondary N) is 1. The van der Waals surface area contributed by atoms with Crippen molar-refractivity contribution in [1.82, 2.24) is 4.98 Å². The molecule has 1 N–H and O–H groups in total. The zero-order valence-electron chi connectivity index (χ0n) is 12.3. The molecular formula is C13H12Cl2N2O4S2. The zero-order valence-corrected chi connectivity index (χ0v) is 15.5. The Morgan fingerprint density at radius 3 is 2.52 bits per heavy atom. The maximum atomic E-state index is 12.5. The molecule has 0 aliphatic heterocycles. The van der Waals surface area contributed by atoms with E-state index in [-0.39, 0.29) is 20.1 Å². The average Bonchev–Trinajstić information content (AvgIpc) is 2.65. The Kier molecular flexibility index (Phi) is 5.20. The van der Waals surface area contributed by atoms with Crippen molar-refractivity contribution in [1.29, 1.82) is 0 Å². The van der Waals surface area contributed by atoms with Crippen LogP contribution in [0.1, 0.15) is 18.2 Å². The van der Waals surface area contributed by atoms with Crippen LogP contribution in [0.15, 0.2) is 17.0 Å². The molecule has 2 aromatic rings. The molecule has 23 heavy (non-hydrogen) atoms. The van der Waals surface area contributed by atoms with E-state index in [1.807, 2.05) is 0 Å². The summed E-state index contributed by atoms with van der Waals surface area (Å²) in [5.41, 5.74) is 0.810. The SMILES string of the molecule is CC(=O)Oc1sc(NS(=O)(=O)c2c(C)cc(Cl)cc2Cl)nc1C. The number of carbonyl (C=O) groups excluding carboxylic acids is 1. The maximum absolute atomic E-state index is 12.5. The molecule has 0 atom stereocenters. The molecule has 0 unspecified atom stereocenters. The third-order valence-corrected chi connectivity index (χ3v) is 5.92. The quantitative estimate of drug-likeness (QED) is 0.797. The number of hydrogen-bond acceptors (Lipinski definition) is 6. The summed E-state index contributed by atoms with van der Waals surface area (Å²) >= 11 is 12.8. The number of aryl methyl sites for hydroxylation is 2. The Hall–Kier alpha value is -1.35. The van der Waals surface area contributed by atoms with E-state index < -0.39 is 16.0 Å². The Morgan fingerprint density at radius 2 is 1.96 bits per heavy atom. The van der Waals surface area contributed by atoms with Gasteiger partial charge in [-0.2, -0.15) is 0 Å². The van der Waals surface area contributed by atoms with Crippen LogP contribution in [0.4, 0.5) is 5.13 Å². The summed E-state index contributed by atoms with van der Waals surface area (Å²) in [5.74, 6) is -0.511. The molecule has 6 nitrogen and oxygen atoms in total. The summed E-state index contributed by atoms with van der Waals surface area (Å²) in [6.45, 7) is 4.44. The Bertz CT molecular complexity index is 855. The largest absolute Gasteiger partial charge is 0.413 e. The van der Waals surface area contributed by atoms with Crippen LogP contribution < -0.4 is 9.46 Å². The van der Waals surface area contributed by atoms with Gasteiger partial charge in [0.15, 0.2) is 5.13 Å². The fourth-order valence-electron chi connectivity index (χ4n) is 1.85. The normalized spacial score (nSPS) is 11.3. The molecule has 0 amide bonds. The highest BCUT2D eigenvalue weighted by atomic mass is 35.5. The van der Waals surface area contributed by atoms with Crippen LogP contribution in [0.25, 0.3) is 0 Å². The first-order valence-corrected chi connectivity index (χ1v) is 9.30. The summed E-state index contributed by atoms with van der Waals surface area (Å²) < 4.78 is 32.3. The number of anilines is 1. The average molecular weight is 395 g/mol. The lowest BCUT2D eigenvalue weighted by atomic mass is 10.2. The number of esters is 1. The number of aromatic nitrogens is 1. The number of hydrogen-bond donors (Lipinski definition) is 1. The molecule has 0 aliphatic carbocycles. The van der Waals surface area contributed by atoms with Gasteiger partial charge >= 0.3 is 5.97 Å². The lowest BCUT2D eigenvalue weighted by molar-refractivity contribution is -0.131. The van der Waals surface area contributed by atoms with Crippen LogP contribution in [0.5, 0.6) is 5.06 Å². The molecule has 0 spiro atoms. The van der Waals surface area contributed by atoms with E-state index in [9.17, 15) is 13.2 Å². The van der Waals surface area contributed by atoms with Gasteiger partial charge in [-0.1, -0.05) is 34.5 Å². The van der Waals surface area contributed by atoms with Gasteiger partial charge in [0, 0.05) is 11.9 Å². The molecule has 0 aliphatic rings.